The fraction of sp³-hybridized carbons (Fsp3) is 0.364. The molecule has 0 aliphatic heterocycles. The summed E-state index contributed by atoms with van der Waals surface area (Å²) >= 11 is 6.02. The summed E-state index contributed by atoms with van der Waals surface area (Å²) in [5, 5.41) is 5.71. The van der Waals surface area contributed by atoms with Crippen LogP contribution in [0, 0.1) is 0 Å². The van der Waals surface area contributed by atoms with Crippen LogP contribution in [0.5, 0.6) is 5.75 Å². The molecule has 0 saturated heterocycles. The molecule has 0 aliphatic rings. The Morgan fingerprint density at radius 2 is 1.80 bits per heavy atom. The lowest BCUT2D eigenvalue weighted by Crippen LogP contribution is -2.48. The van der Waals surface area contributed by atoms with E-state index < -0.39 is 23.6 Å². The van der Waals surface area contributed by atoms with Crippen molar-refractivity contribution in [2.45, 2.75) is 39.0 Å². The normalized spacial score (nSPS) is 12.0. The van der Waals surface area contributed by atoms with Crippen molar-refractivity contribution in [3.05, 3.63) is 59.1 Å². The molecule has 2 aromatic rings. The van der Waals surface area contributed by atoms with Crippen molar-refractivity contribution in [1.82, 2.24) is 5.32 Å². The summed E-state index contributed by atoms with van der Waals surface area (Å²) in [5.41, 5.74) is 0.631. The molecule has 0 spiro atoms. The topological polar surface area (TPSA) is 85.9 Å². The number of amides is 2. The first-order valence-corrected chi connectivity index (χ1v) is 9.81. The second kappa shape index (κ2) is 10.8. The van der Waals surface area contributed by atoms with Gasteiger partial charge in [-0.05, 0) is 44.5 Å². The highest BCUT2D eigenvalue weighted by Crippen LogP contribution is 2.27. The number of hydrogen-bond donors (Lipinski definition) is 2. The predicted octanol–water partition coefficient (Wildman–Crippen LogP) is 4.40. The minimum atomic E-state index is -0.993. The van der Waals surface area contributed by atoms with Crippen molar-refractivity contribution in [1.29, 1.82) is 0 Å². The van der Waals surface area contributed by atoms with Gasteiger partial charge in [-0.3, -0.25) is 4.79 Å². The standard InChI is InChI=1S/C22H27ClN2O5/c1-22(2,3)30-21(27)25-18(14-29-13-15-8-6-5-7-9-15)20(26)24-17-12-16(23)10-11-19(17)28-4/h5-12,18H,13-14H2,1-4H3,(H,24,26)(H,25,27)/t18-/m1/s1. The van der Waals surface area contributed by atoms with Crippen LogP contribution in [0.25, 0.3) is 0 Å². The number of benzene rings is 2. The van der Waals surface area contributed by atoms with Gasteiger partial charge in [-0.25, -0.2) is 4.79 Å². The van der Waals surface area contributed by atoms with Crippen molar-refractivity contribution < 1.29 is 23.8 Å². The lowest BCUT2D eigenvalue weighted by atomic mass is 10.2. The van der Waals surface area contributed by atoms with Gasteiger partial charge in [-0.1, -0.05) is 41.9 Å². The van der Waals surface area contributed by atoms with Crippen molar-refractivity contribution in [3.8, 4) is 5.75 Å². The Kier molecular flexibility index (Phi) is 8.50. The first-order chi connectivity index (χ1) is 14.2. The van der Waals surface area contributed by atoms with E-state index >= 15 is 0 Å². The number of nitrogens with one attached hydrogen (secondary N) is 2. The first kappa shape index (κ1) is 23.5. The highest BCUT2D eigenvalue weighted by molar-refractivity contribution is 6.31. The molecular formula is C22H27ClN2O5. The monoisotopic (exact) mass is 434 g/mol. The second-order valence-electron chi connectivity index (χ2n) is 7.53. The number of ether oxygens (including phenoxy) is 3. The van der Waals surface area contributed by atoms with Crippen LogP contribution in [0.15, 0.2) is 48.5 Å². The molecule has 1 atom stereocenters. The molecule has 0 unspecified atom stereocenters. The van der Waals surface area contributed by atoms with Gasteiger partial charge < -0.3 is 24.8 Å². The lowest BCUT2D eigenvalue weighted by Gasteiger charge is -2.23. The highest BCUT2D eigenvalue weighted by Gasteiger charge is 2.25. The molecule has 162 valence electrons. The molecular weight excluding hydrogens is 408 g/mol. The maximum Gasteiger partial charge on any atom is 0.408 e. The molecule has 0 aliphatic carbocycles. The van der Waals surface area contributed by atoms with Crippen LogP contribution in [0.4, 0.5) is 10.5 Å². The number of hydrogen-bond acceptors (Lipinski definition) is 5. The molecule has 0 heterocycles. The number of alkyl carbamates (subject to hydrolysis) is 1. The maximum absolute atomic E-state index is 12.9. The van der Waals surface area contributed by atoms with E-state index in [1.54, 1.807) is 39.0 Å². The molecule has 0 bridgehead atoms. The van der Waals surface area contributed by atoms with Gasteiger partial charge in [-0.2, -0.15) is 0 Å². The van der Waals surface area contributed by atoms with E-state index in [-0.39, 0.29) is 6.61 Å². The number of carbonyl (C=O) groups excluding carboxylic acids is 2. The van der Waals surface area contributed by atoms with Crippen LogP contribution in [0.2, 0.25) is 5.02 Å². The second-order valence-corrected chi connectivity index (χ2v) is 7.97. The Bertz CT molecular complexity index is 852. The summed E-state index contributed by atoms with van der Waals surface area (Å²) in [5.74, 6) is -0.0524. The van der Waals surface area contributed by atoms with Crippen molar-refractivity contribution in [2.24, 2.45) is 0 Å². The first-order valence-electron chi connectivity index (χ1n) is 9.43. The number of halogens is 1. The maximum atomic E-state index is 12.9. The van der Waals surface area contributed by atoms with Crippen LogP contribution < -0.4 is 15.4 Å². The Morgan fingerprint density at radius 3 is 2.43 bits per heavy atom. The lowest BCUT2D eigenvalue weighted by molar-refractivity contribution is -0.119. The van der Waals surface area contributed by atoms with Crippen molar-refractivity contribution >= 4 is 29.3 Å². The minimum Gasteiger partial charge on any atom is -0.495 e. The minimum absolute atomic E-state index is 0.0527. The van der Waals surface area contributed by atoms with Gasteiger partial charge >= 0.3 is 6.09 Å². The van der Waals surface area contributed by atoms with E-state index in [1.165, 1.54) is 7.11 Å². The third kappa shape index (κ3) is 7.93. The Hall–Kier alpha value is -2.77. The molecule has 2 amide bonds. The quantitative estimate of drug-likeness (QED) is 0.643. The summed E-state index contributed by atoms with van der Waals surface area (Å²) in [6.07, 6.45) is -0.718. The average Bonchev–Trinajstić information content (AvgIpc) is 2.67. The zero-order chi connectivity index (χ0) is 22.1. The van der Waals surface area contributed by atoms with E-state index in [9.17, 15) is 9.59 Å². The Labute approximate surface area is 181 Å². The number of carbonyl (C=O) groups is 2. The average molecular weight is 435 g/mol. The molecule has 0 radical (unpaired) electrons. The zero-order valence-electron chi connectivity index (χ0n) is 17.5. The molecule has 30 heavy (non-hydrogen) atoms. The number of anilines is 1. The van der Waals surface area contributed by atoms with E-state index in [1.807, 2.05) is 30.3 Å². The third-order valence-electron chi connectivity index (χ3n) is 3.82. The highest BCUT2D eigenvalue weighted by atomic mass is 35.5. The van der Waals surface area contributed by atoms with Gasteiger partial charge in [0.1, 0.15) is 17.4 Å². The molecule has 0 fully saturated rings. The van der Waals surface area contributed by atoms with Crippen molar-refractivity contribution in [2.75, 3.05) is 19.0 Å². The van der Waals surface area contributed by atoms with Crippen LogP contribution in [0.3, 0.4) is 0 Å². The van der Waals surface area contributed by atoms with Crippen LogP contribution >= 0.6 is 11.6 Å². The summed E-state index contributed by atoms with van der Waals surface area (Å²) in [6, 6.07) is 13.4. The number of rotatable bonds is 8. The molecule has 0 saturated carbocycles. The molecule has 7 nitrogen and oxygen atoms in total. The summed E-state index contributed by atoms with van der Waals surface area (Å²) < 4.78 is 16.2. The Balaban J connectivity index is 2.09. The molecule has 2 rings (SSSR count). The van der Waals surface area contributed by atoms with Gasteiger partial charge in [0, 0.05) is 5.02 Å². The fourth-order valence-electron chi connectivity index (χ4n) is 2.50. The number of methoxy groups -OCH3 is 1. The van der Waals surface area contributed by atoms with Gasteiger partial charge in [0.2, 0.25) is 5.91 Å². The van der Waals surface area contributed by atoms with Crippen LogP contribution in [-0.4, -0.2) is 37.4 Å². The Morgan fingerprint density at radius 1 is 1.10 bits per heavy atom. The predicted molar refractivity (Wildman–Crippen MR) is 116 cm³/mol. The van der Waals surface area contributed by atoms with Crippen molar-refractivity contribution in [3.63, 3.8) is 0 Å². The zero-order valence-corrected chi connectivity index (χ0v) is 18.3. The van der Waals surface area contributed by atoms with E-state index in [0.29, 0.717) is 23.1 Å². The van der Waals surface area contributed by atoms with Gasteiger partial charge in [0.25, 0.3) is 0 Å². The van der Waals surface area contributed by atoms with E-state index in [4.69, 9.17) is 25.8 Å². The van der Waals surface area contributed by atoms with Crippen LogP contribution in [0.1, 0.15) is 26.3 Å². The largest absolute Gasteiger partial charge is 0.495 e. The smallest absolute Gasteiger partial charge is 0.408 e. The van der Waals surface area contributed by atoms with Gasteiger partial charge in [0.15, 0.2) is 0 Å². The van der Waals surface area contributed by atoms with E-state index in [2.05, 4.69) is 10.6 Å². The summed E-state index contributed by atoms with van der Waals surface area (Å²) in [7, 11) is 1.48. The molecule has 2 aromatic carbocycles. The molecule has 2 N–H and O–H groups in total. The fourth-order valence-corrected chi connectivity index (χ4v) is 2.67. The summed E-state index contributed by atoms with van der Waals surface area (Å²) in [6.45, 7) is 5.46. The van der Waals surface area contributed by atoms with E-state index in [0.717, 1.165) is 5.56 Å². The summed E-state index contributed by atoms with van der Waals surface area (Å²) in [4.78, 5) is 25.1. The van der Waals surface area contributed by atoms with Gasteiger partial charge in [-0.15, -0.1) is 0 Å². The SMILES string of the molecule is COc1ccc(Cl)cc1NC(=O)[C@@H](COCc1ccccc1)NC(=O)OC(C)(C)C. The van der Waals surface area contributed by atoms with Gasteiger partial charge in [0.05, 0.1) is 26.0 Å². The third-order valence-corrected chi connectivity index (χ3v) is 4.06. The molecule has 0 aromatic heterocycles. The van der Waals surface area contributed by atoms with Crippen LogP contribution in [-0.2, 0) is 20.9 Å². The molecule has 8 heteroatoms.